The van der Waals surface area contributed by atoms with Crippen molar-refractivity contribution in [3.8, 4) is 0 Å². The Kier molecular flexibility index (Phi) is 3.04. The molecule has 0 saturated heterocycles. The largest absolute Gasteiger partial charge is 0.419 e. The van der Waals surface area contributed by atoms with Crippen molar-refractivity contribution >= 4 is 11.1 Å². The summed E-state index contributed by atoms with van der Waals surface area (Å²) >= 11 is 0. The molecule has 0 fully saturated rings. The van der Waals surface area contributed by atoms with Crippen molar-refractivity contribution in [3.05, 3.63) is 34.3 Å². The molecule has 0 spiro atoms. The molecule has 0 atom stereocenters. The van der Waals surface area contributed by atoms with Gasteiger partial charge in [0.25, 0.3) is 0 Å². The van der Waals surface area contributed by atoms with Crippen molar-refractivity contribution in [2.45, 2.75) is 6.54 Å². The van der Waals surface area contributed by atoms with Gasteiger partial charge < -0.3 is 4.42 Å². The molecule has 0 aliphatic rings. The van der Waals surface area contributed by atoms with Crippen LogP contribution in [0.15, 0.2) is 27.4 Å². The third kappa shape index (κ3) is 1.99. The predicted molar refractivity (Wildman–Crippen MR) is 60.5 cm³/mol. The lowest BCUT2D eigenvalue weighted by molar-refractivity contribution is 0.527. The third-order valence-corrected chi connectivity index (χ3v) is 2.41. The molecule has 86 valence electrons. The maximum atomic E-state index is 11.3. The van der Waals surface area contributed by atoms with Gasteiger partial charge in [-0.3, -0.25) is 15.7 Å². The highest BCUT2D eigenvalue weighted by Crippen LogP contribution is 2.13. The van der Waals surface area contributed by atoms with E-state index in [0.717, 1.165) is 11.1 Å². The molecular weight excluding hydrogens is 208 g/mol. The highest BCUT2D eigenvalue weighted by atomic mass is 16.4. The molecule has 4 N–H and O–H groups in total. The smallest absolute Gasteiger partial charge is 0.408 e. The zero-order valence-electron chi connectivity index (χ0n) is 8.99. The molecule has 2 rings (SSSR count). The molecule has 0 unspecified atom stereocenters. The van der Waals surface area contributed by atoms with Crippen LogP contribution in [0.3, 0.4) is 0 Å². The Bertz CT molecular complexity index is 543. The molecule has 1 heterocycles. The van der Waals surface area contributed by atoms with Gasteiger partial charge in [-0.15, -0.1) is 0 Å². The molecule has 0 radical (unpaired) electrons. The molecule has 6 heteroatoms. The van der Waals surface area contributed by atoms with Gasteiger partial charge in [0, 0.05) is 13.6 Å². The van der Waals surface area contributed by atoms with E-state index in [4.69, 9.17) is 10.3 Å². The average molecular weight is 222 g/mol. The number of nitrogens with zero attached hydrogens (tertiary/aromatic N) is 1. The Morgan fingerprint density at radius 2 is 2.31 bits per heavy atom. The molecule has 6 nitrogen and oxygen atoms in total. The van der Waals surface area contributed by atoms with Crippen LogP contribution in [0.4, 0.5) is 0 Å². The molecule has 0 aliphatic heterocycles. The molecule has 0 amide bonds. The second-order valence-corrected chi connectivity index (χ2v) is 3.54. The summed E-state index contributed by atoms with van der Waals surface area (Å²) in [5.74, 6) is 4.79. The Morgan fingerprint density at radius 1 is 1.50 bits per heavy atom. The van der Waals surface area contributed by atoms with E-state index in [9.17, 15) is 4.79 Å². The number of aryl methyl sites for hydroxylation is 1. The second kappa shape index (κ2) is 4.48. The first-order chi connectivity index (χ1) is 7.72. The molecule has 1 aromatic heterocycles. The van der Waals surface area contributed by atoms with E-state index < -0.39 is 0 Å². The molecule has 0 aliphatic carbocycles. The summed E-state index contributed by atoms with van der Waals surface area (Å²) in [6.45, 7) is 1.19. The van der Waals surface area contributed by atoms with Crippen LogP contribution in [0.5, 0.6) is 0 Å². The molecular formula is C10H14N4O2. The monoisotopic (exact) mass is 222 g/mol. The quantitative estimate of drug-likeness (QED) is 0.285. The number of nitrogens with one attached hydrogen (secondary N) is 2. The number of hydrogen-bond acceptors (Lipinski definition) is 5. The van der Waals surface area contributed by atoms with E-state index in [-0.39, 0.29) is 5.76 Å². The van der Waals surface area contributed by atoms with Crippen LogP contribution in [0.25, 0.3) is 11.1 Å². The first-order valence-electron chi connectivity index (χ1n) is 4.95. The SMILES string of the molecule is Cn1c(=O)oc2cc(CNCNN)ccc21. The van der Waals surface area contributed by atoms with E-state index in [1.165, 1.54) is 4.57 Å². The van der Waals surface area contributed by atoms with Crippen LogP contribution < -0.4 is 22.3 Å². The Labute approximate surface area is 92.0 Å². The minimum atomic E-state index is -0.344. The van der Waals surface area contributed by atoms with Gasteiger partial charge in [0.15, 0.2) is 5.58 Å². The fraction of sp³-hybridized carbons (Fsp3) is 0.300. The van der Waals surface area contributed by atoms with Crippen molar-refractivity contribution < 1.29 is 4.42 Å². The Balaban J connectivity index is 2.27. The Hall–Kier alpha value is -1.63. The van der Waals surface area contributed by atoms with Gasteiger partial charge in [0.2, 0.25) is 0 Å². The minimum absolute atomic E-state index is 0.344. The number of rotatable bonds is 4. The van der Waals surface area contributed by atoms with Crippen LogP contribution in [-0.2, 0) is 13.6 Å². The number of hydrazine groups is 1. The van der Waals surface area contributed by atoms with Gasteiger partial charge in [-0.2, -0.15) is 0 Å². The molecule has 1 aromatic carbocycles. The van der Waals surface area contributed by atoms with E-state index in [1.54, 1.807) is 7.05 Å². The number of oxazole rings is 1. The first-order valence-corrected chi connectivity index (χ1v) is 4.95. The summed E-state index contributed by atoms with van der Waals surface area (Å²) in [4.78, 5) is 11.3. The number of fused-ring (bicyclic) bond motifs is 1. The van der Waals surface area contributed by atoms with Crippen LogP contribution in [0, 0.1) is 0 Å². The topological polar surface area (TPSA) is 85.2 Å². The van der Waals surface area contributed by atoms with Crippen molar-refractivity contribution in [2.75, 3.05) is 6.67 Å². The summed E-state index contributed by atoms with van der Waals surface area (Å²) in [6, 6.07) is 5.66. The zero-order valence-corrected chi connectivity index (χ0v) is 8.99. The lowest BCUT2D eigenvalue weighted by Crippen LogP contribution is -2.33. The average Bonchev–Trinajstić information content (AvgIpc) is 2.55. The molecule has 0 saturated carbocycles. The van der Waals surface area contributed by atoms with Crippen LogP contribution in [0.1, 0.15) is 5.56 Å². The van der Waals surface area contributed by atoms with Gasteiger partial charge >= 0.3 is 5.76 Å². The molecule has 0 bridgehead atoms. The highest BCUT2D eigenvalue weighted by molar-refractivity contribution is 5.73. The van der Waals surface area contributed by atoms with Gasteiger partial charge in [0.05, 0.1) is 12.2 Å². The maximum Gasteiger partial charge on any atom is 0.419 e. The van der Waals surface area contributed by atoms with Gasteiger partial charge in [-0.05, 0) is 17.7 Å². The van der Waals surface area contributed by atoms with Gasteiger partial charge in [-0.25, -0.2) is 10.2 Å². The summed E-state index contributed by atoms with van der Waals surface area (Å²) in [6.07, 6.45) is 0. The van der Waals surface area contributed by atoms with Crippen molar-refractivity contribution in [3.63, 3.8) is 0 Å². The minimum Gasteiger partial charge on any atom is -0.408 e. The van der Waals surface area contributed by atoms with E-state index in [1.807, 2.05) is 18.2 Å². The van der Waals surface area contributed by atoms with Crippen molar-refractivity contribution in [1.82, 2.24) is 15.3 Å². The van der Waals surface area contributed by atoms with Crippen LogP contribution >= 0.6 is 0 Å². The van der Waals surface area contributed by atoms with Gasteiger partial charge in [-0.1, -0.05) is 6.07 Å². The summed E-state index contributed by atoms with van der Waals surface area (Å²) in [5.41, 5.74) is 4.94. The number of nitrogens with two attached hydrogens (primary N) is 1. The van der Waals surface area contributed by atoms with E-state index in [2.05, 4.69) is 10.7 Å². The number of benzene rings is 1. The highest BCUT2D eigenvalue weighted by Gasteiger charge is 2.05. The predicted octanol–water partition coefficient (Wildman–Crippen LogP) is -0.358. The first kappa shape index (κ1) is 10.9. The molecule has 16 heavy (non-hydrogen) atoms. The number of hydrogen-bond donors (Lipinski definition) is 3. The van der Waals surface area contributed by atoms with Gasteiger partial charge in [0.1, 0.15) is 0 Å². The summed E-state index contributed by atoms with van der Waals surface area (Å²) < 4.78 is 6.57. The van der Waals surface area contributed by atoms with Crippen molar-refractivity contribution in [1.29, 1.82) is 0 Å². The van der Waals surface area contributed by atoms with Crippen molar-refractivity contribution in [2.24, 2.45) is 12.9 Å². The fourth-order valence-corrected chi connectivity index (χ4v) is 1.57. The number of aromatic nitrogens is 1. The van der Waals surface area contributed by atoms with E-state index in [0.29, 0.717) is 18.8 Å². The zero-order chi connectivity index (χ0) is 11.5. The van der Waals surface area contributed by atoms with E-state index >= 15 is 0 Å². The van der Waals surface area contributed by atoms with Crippen LogP contribution in [-0.4, -0.2) is 11.2 Å². The lowest BCUT2D eigenvalue weighted by atomic mass is 10.2. The lowest BCUT2D eigenvalue weighted by Gasteiger charge is -2.03. The molecule has 2 aromatic rings. The Morgan fingerprint density at radius 3 is 3.06 bits per heavy atom. The second-order valence-electron chi connectivity index (χ2n) is 3.54. The third-order valence-electron chi connectivity index (χ3n) is 2.41. The summed E-state index contributed by atoms with van der Waals surface area (Å²) in [7, 11) is 1.68. The van der Waals surface area contributed by atoms with Crippen LogP contribution in [0.2, 0.25) is 0 Å². The maximum absolute atomic E-state index is 11.3. The summed E-state index contributed by atoms with van der Waals surface area (Å²) in [5, 5.41) is 3.07. The fourth-order valence-electron chi connectivity index (χ4n) is 1.57. The standard InChI is InChI=1S/C10H14N4O2/c1-14-8-3-2-7(5-12-6-13-11)4-9(8)16-10(14)15/h2-4,12-13H,5-6,11H2,1H3. The normalized spacial score (nSPS) is 11.1.